The van der Waals surface area contributed by atoms with E-state index in [0.717, 1.165) is 5.56 Å². The fourth-order valence-corrected chi connectivity index (χ4v) is 1.18. The number of rotatable bonds is 1. The maximum Gasteiger partial charge on any atom is 0.155 e. The van der Waals surface area contributed by atoms with Gasteiger partial charge >= 0.3 is 0 Å². The molecule has 1 heterocycles. The summed E-state index contributed by atoms with van der Waals surface area (Å²) in [6.45, 7) is 0. The molecule has 3 nitrogen and oxygen atoms in total. The zero-order valence-electron chi connectivity index (χ0n) is 6.98. The molecule has 0 saturated carbocycles. The third kappa shape index (κ3) is 1.85. The van der Waals surface area contributed by atoms with Crippen molar-refractivity contribution in [3.63, 3.8) is 0 Å². The normalized spacial score (nSPS) is 10.1. The molecule has 0 atom stereocenters. The van der Waals surface area contributed by atoms with Gasteiger partial charge in [-0.1, -0.05) is 11.6 Å². The van der Waals surface area contributed by atoms with Gasteiger partial charge in [0.2, 0.25) is 0 Å². The molecule has 0 aliphatic heterocycles. The summed E-state index contributed by atoms with van der Waals surface area (Å²) in [5.74, 6) is -0.290. The van der Waals surface area contributed by atoms with Gasteiger partial charge in [0.05, 0.1) is 5.69 Å². The van der Waals surface area contributed by atoms with Crippen molar-refractivity contribution in [2.45, 2.75) is 0 Å². The molecule has 0 spiro atoms. The first-order valence-electron chi connectivity index (χ1n) is 3.87. The Bertz CT molecular complexity index is 444. The van der Waals surface area contributed by atoms with E-state index in [-0.39, 0.29) is 11.0 Å². The minimum atomic E-state index is -0.290. The number of benzene rings is 1. The maximum atomic E-state index is 12.6. The van der Waals surface area contributed by atoms with Gasteiger partial charge in [0, 0.05) is 11.6 Å². The largest absolute Gasteiger partial charge is 0.207 e. The van der Waals surface area contributed by atoms with E-state index in [1.807, 2.05) is 0 Å². The number of halogens is 2. The van der Waals surface area contributed by atoms with Crippen LogP contribution in [0.1, 0.15) is 0 Å². The van der Waals surface area contributed by atoms with Crippen molar-refractivity contribution in [1.29, 1.82) is 0 Å². The summed E-state index contributed by atoms with van der Waals surface area (Å²) in [5, 5.41) is 11.0. The van der Waals surface area contributed by atoms with Crippen LogP contribution in [0.4, 0.5) is 4.39 Å². The first-order valence-corrected chi connectivity index (χ1v) is 4.25. The van der Waals surface area contributed by atoms with E-state index in [9.17, 15) is 4.39 Å². The first-order chi connectivity index (χ1) is 6.75. The number of nitrogens with zero attached hydrogens (tertiary/aromatic N) is 3. The monoisotopic (exact) mass is 209 g/mol. The van der Waals surface area contributed by atoms with Gasteiger partial charge in [-0.25, -0.2) is 4.39 Å². The minimum absolute atomic E-state index is 0.263. The molecule has 0 unspecified atom stereocenters. The number of aromatic nitrogens is 3. The predicted molar refractivity (Wildman–Crippen MR) is 50.2 cm³/mol. The Balaban J connectivity index is 2.44. The molecule has 0 saturated heterocycles. The maximum absolute atomic E-state index is 12.6. The highest BCUT2D eigenvalue weighted by atomic mass is 35.5. The van der Waals surface area contributed by atoms with E-state index in [2.05, 4.69) is 15.4 Å². The summed E-state index contributed by atoms with van der Waals surface area (Å²) in [6, 6.07) is 7.49. The van der Waals surface area contributed by atoms with Crippen LogP contribution < -0.4 is 0 Å². The number of hydrogen-bond acceptors (Lipinski definition) is 3. The topological polar surface area (TPSA) is 38.7 Å². The highest BCUT2D eigenvalue weighted by Gasteiger charge is 2.01. The molecule has 0 aliphatic rings. The van der Waals surface area contributed by atoms with Gasteiger partial charge in [-0.05, 0) is 29.5 Å². The quantitative estimate of drug-likeness (QED) is 0.724. The summed E-state index contributed by atoms with van der Waals surface area (Å²) in [7, 11) is 0. The second kappa shape index (κ2) is 3.67. The highest BCUT2D eigenvalue weighted by molar-refractivity contribution is 6.29. The van der Waals surface area contributed by atoms with Crippen LogP contribution in [0.15, 0.2) is 30.3 Å². The predicted octanol–water partition coefficient (Wildman–Crippen LogP) is 2.33. The van der Waals surface area contributed by atoms with Crippen LogP contribution in [0.25, 0.3) is 11.3 Å². The zero-order valence-corrected chi connectivity index (χ0v) is 7.74. The summed E-state index contributed by atoms with van der Waals surface area (Å²) >= 11 is 5.64. The molecule has 14 heavy (non-hydrogen) atoms. The molecule has 1 aromatic heterocycles. The van der Waals surface area contributed by atoms with E-state index < -0.39 is 0 Å². The SMILES string of the molecule is Fc1ccc(-c2cc(Cl)nnn2)cc1. The van der Waals surface area contributed by atoms with Crippen molar-refractivity contribution in [2.75, 3.05) is 0 Å². The third-order valence-corrected chi connectivity index (χ3v) is 1.87. The molecular weight excluding hydrogens is 205 g/mol. The lowest BCUT2D eigenvalue weighted by Crippen LogP contribution is -1.90. The Morgan fingerprint density at radius 3 is 2.43 bits per heavy atom. The van der Waals surface area contributed by atoms with Crippen LogP contribution in [-0.4, -0.2) is 15.4 Å². The van der Waals surface area contributed by atoms with E-state index in [1.165, 1.54) is 12.1 Å². The van der Waals surface area contributed by atoms with E-state index >= 15 is 0 Å². The second-order valence-corrected chi connectivity index (χ2v) is 3.04. The molecule has 0 radical (unpaired) electrons. The lowest BCUT2D eigenvalue weighted by atomic mass is 10.1. The average Bonchev–Trinajstić information content (AvgIpc) is 2.19. The van der Waals surface area contributed by atoms with Gasteiger partial charge < -0.3 is 0 Å². The van der Waals surface area contributed by atoms with Gasteiger partial charge in [-0.2, -0.15) is 0 Å². The molecule has 1 aromatic carbocycles. The lowest BCUT2D eigenvalue weighted by Gasteiger charge is -1.98. The van der Waals surface area contributed by atoms with Crippen molar-refractivity contribution in [3.8, 4) is 11.3 Å². The molecule has 0 fully saturated rings. The Hall–Kier alpha value is -1.55. The van der Waals surface area contributed by atoms with Crippen LogP contribution in [0.2, 0.25) is 5.15 Å². The molecule has 0 bridgehead atoms. The Morgan fingerprint density at radius 1 is 1.07 bits per heavy atom. The molecule has 70 valence electrons. The van der Waals surface area contributed by atoms with Crippen molar-refractivity contribution < 1.29 is 4.39 Å². The number of hydrogen-bond donors (Lipinski definition) is 0. The molecule has 0 N–H and O–H groups in total. The Morgan fingerprint density at radius 2 is 1.79 bits per heavy atom. The third-order valence-electron chi connectivity index (χ3n) is 1.69. The zero-order chi connectivity index (χ0) is 9.97. The smallest absolute Gasteiger partial charge is 0.155 e. The standard InChI is InChI=1S/C9H5ClFN3/c10-9-5-8(12-14-13-9)6-1-3-7(11)4-2-6/h1-5H. The summed E-state index contributed by atoms with van der Waals surface area (Å²) in [6.07, 6.45) is 0. The van der Waals surface area contributed by atoms with E-state index in [1.54, 1.807) is 18.2 Å². The van der Waals surface area contributed by atoms with E-state index in [0.29, 0.717) is 5.69 Å². The average molecular weight is 210 g/mol. The molecular formula is C9H5ClFN3. The Kier molecular flexibility index (Phi) is 2.37. The molecule has 5 heteroatoms. The molecule has 0 aliphatic carbocycles. The van der Waals surface area contributed by atoms with Gasteiger partial charge in [0.25, 0.3) is 0 Å². The fourth-order valence-electron chi connectivity index (χ4n) is 1.05. The summed E-state index contributed by atoms with van der Waals surface area (Å²) in [5.41, 5.74) is 1.33. The van der Waals surface area contributed by atoms with Gasteiger partial charge in [0.1, 0.15) is 5.82 Å². The second-order valence-electron chi connectivity index (χ2n) is 2.65. The van der Waals surface area contributed by atoms with E-state index in [4.69, 9.17) is 11.6 Å². The van der Waals surface area contributed by atoms with Crippen LogP contribution in [0, 0.1) is 5.82 Å². The van der Waals surface area contributed by atoms with Gasteiger partial charge in [0.15, 0.2) is 5.15 Å². The molecule has 0 amide bonds. The van der Waals surface area contributed by atoms with Crippen LogP contribution in [-0.2, 0) is 0 Å². The van der Waals surface area contributed by atoms with Crippen molar-refractivity contribution in [1.82, 2.24) is 15.4 Å². The fraction of sp³-hybridized carbons (Fsp3) is 0. The first kappa shape index (κ1) is 9.02. The van der Waals surface area contributed by atoms with Crippen LogP contribution in [0.3, 0.4) is 0 Å². The lowest BCUT2D eigenvalue weighted by molar-refractivity contribution is 0.628. The molecule has 2 rings (SSSR count). The Labute approximate surface area is 84.6 Å². The minimum Gasteiger partial charge on any atom is -0.207 e. The van der Waals surface area contributed by atoms with Gasteiger partial charge in [-0.3, -0.25) is 0 Å². The van der Waals surface area contributed by atoms with Crippen molar-refractivity contribution in [2.24, 2.45) is 0 Å². The van der Waals surface area contributed by atoms with Crippen molar-refractivity contribution >= 4 is 11.6 Å². The van der Waals surface area contributed by atoms with Gasteiger partial charge in [-0.15, -0.1) is 10.2 Å². The van der Waals surface area contributed by atoms with Crippen molar-refractivity contribution in [3.05, 3.63) is 41.3 Å². The summed E-state index contributed by atoms with van der Waals surface area (Å²) in [4.78, 5) is 0. The van der Waals surface area contributed by atoms with Crippen LogP contribution in [0.5, 0.6) is 0 Å². The highest BCUT2D eigenvalue weighted by Crippen LogP contribution is 2.17. The summed E-state index contributed by atoms with van der Waals surface area (Å²) < 4.78 is 12.6. The van der Waals surface area contributed by atoms with Crippen LogP contribution >= 0.6 is 11.6 Å². The molecule has 2 aromatic rings.